The number of anilines is 1. The van der Waals surface area contributed by atoms with Crippen LogP contribution in [0.2, 0.25) is 0 Å². The van der Waals surface area contributed by atoms with Crippen LogP contribution < -0.4 is 15.5 Å². The van der Waals surface area contributed by atoms with E-state index < -0.39 is 12.1 Å². The van der Waals surface area contributed by atoms with Gasteiger partial charge in [0.1, 0.15) is 5.82 Å². The summed E-state index contributed by atoms with van der Waals surface area (Å²) in [5, 5.41) is 15.6. The molecule has 0 saturated carbocycles. The number of carbonyl (C=O) groups excluding carboxylic acids is 1. The second-order valence-electron chi connectivity index (χ2n) is 7.21. The van der Waals surface area contributed by atoms with Crippen molar-refractivity contribution in [1.82, 2.24) is 15.5 Å². The van der Waals surface area contributed by atoms with Crippen LogP contribution in [0, 0.1) is 5.82 Å². The van der Waals surface area contributed by atoms with Gasteiger partial charge in [0, 0.05) is 44.0 Å². The SMILES string of the molecule is CCN1CCN(c2ccc(F)cc2C(C)NC(=O)C2CC(O)CN2)CC1.Cl.Cl.Cl. The standard InChI is InChI=1S/C19H29FN4O2.3ClH/c1-3-23-6-8-24(9-7-23)18-5-4-14(20)10-16(18)13(2)22-19(26)17-11-15(25)12-21-17;;;/h4-5,10,13,15,17,21,25H,3,6-9,11-12H2,1-2H3,(H,22,26);3*1H. The van der Waals surface area contributed by atoms with Gasteiger partial charge in [-0.25, -0.2) is 4.39 Å². The molecule has 29 heavy (non-hydrogen) atoms. The molecular formula is C19H32Cl3FN4O2. The van der Waals surface area contributed by atoms with Crippen molar-refractivity contribution in [2.45, 2.75) is 38.5 Å². The summed E-state index contributed by atoms with van der Waals surface area (Å²) in [6, 6.07) is 4.11. The number of rotatable bonds is 5. The third-order valence-corrected chi connectivity index (χ3v) is 5.40. The Morgan fingerprint density at radius 1 is 1.28 bits per heavy atom. The van der Waals surface area contributed by atoms with E-state index >= 15 is 0 Å². The Morgan fingerprint density at radius 2 is 1.93 bits per heavy atom. The fourth-order valence-electron chi connectivity index (χ4n) is 3.77. The number of halogens is 4. The molecule has 2 heterocycles. The summed E-state index contributed by atoms with van der Waals surface area (Å²) in [5.74, 6) is -0.452. The van der Waals surface area contributed by atoms with Crippen molar-refractivity contribution in [1.29, 1.82) is 0 Å². The zero-order chi connectivity index (χ0) is 18.7. The molecule has 3 N–H and O–H groups in total. The first-order chi connectivity index (χ1) is 12.5. The molecule has 0 radical (unpaired) electrons. The summed E-state index contributed by atoms with van der Waals surface area (Å²) >= 11 is 0. The number of aliphatic hydroxyl groups is 1. The zero-order valence-corrected chi connectivity index (χ0v) is 19.2. The van der Waals surface area contributed by atoms with Crippen LogP contribution in [0.3, 0.4) is 0 Å². The molecule has 0 bridgehead atoms. The van der Waals surface area contributed by atoms with Crippen molar-refractivity contribution >= 4 is 48.8 Å². The van der Waals surface area contributed by atoms with E-state index in [9.17, 15) is 14.3 Å². The van der Waals surface area contributed by atoms with Crippen molar-refractivity contribution in [3.63, 3.8) is 0 Å². The zero-order valence-electron chi connectivity index (χ0n) is 16.8. The molecule has 2 aliphatic heterocycles. The summed E-state index contributed by atoms with van der Waals surface area (Å²) in [5.41, 5.74) is 1.77. The molecule has 3 rings (SSSR count). The minimum absolute atomic E-state index is 0. The van der Waals surface area contributed by atoms with E-state index in [0.717, 1.165) is 44.0 Å². The Kier molecular flexibility index (Phi) is 12.4. The highest BCUT2D eigenvalue weighted by Gasteiger charge is 2.29. The Morgan fingerprint density at radius 3 is 2.48 bits per heavy atom. The van der Waals surface area contributed by atoms with E-state index in [-0.39, 0.29) is 55.0 Å². The summed E-state index contributed by atoms with van der Waals surface area (Å²) in [6.07, 6.45) is -0.0753. The third-order valence-electron chi connectivity index (χ3n) is 5.40. The molecule has 2 fully saturated rings. The lowest BCUT2D eigenvalue weighted by Gasteiger charge is -2.37. The summed E-state index contributed by atoms with van der Waals surface area (Å²) < 4.78 is 13.9. The average Bonchev–Trinajstić information content (AvgIpc) is 3.08. The van der Waals surface area contributed by atoms with E-state index in [2.05, 4.69) is 27.4 Å². The predicted molar refractivity (Wildman–Crippen MR) is 121 cm³/mol. The smallest absolute Gasteiger partial charge is 0.237 e. The lowest BCUT2D eigenvalue weighted by atomic mass is 10.0. The van der Waals surface area contributed by atoms with Gasteiger partial charge >= 0.3 is 0 Å². The molecule has 2 aliphatic rings. The summed E-state index contributed by atoms with van der Waals surface area (Å²) in [4.78, 5) is 17.1. The van der Waals surface area contributed by atoms with Gasteiger partial charge in [-0.3, -0.25) is 4.79 Å². The van der Waals surface area contributed by atoms with Gasteiger partial charge in [-0.05, 0) is 38.1 Å². The molecule has 0 aromatic heterocycles. The van der Waals surface area contributed by atoms with Gasteiger partial charge in [0.25, 0.3) is 0 Å². The summed E-state index contributed by atoms with van der Waals surface area (Å²) in [6.45, 7) is 9.26. The predicted octanol–water partition coefficient (Wildman–Crippen LogP) is 2.13. The molecule has 6 nitrogen and oxygen atoms in total. The third kappa shape index (κ3) is 7.12. The molecule has 1 aromatic rings. The van der Waals surface area contributed by atoms with Gasteiger partial charge in [0.15, 0.2) is 0 Å². The van der Waals surface area contributed by atoms with Gasteiger partial charge < -0.3 is 25.5 Å². The van der Waals surface area contributed by atoms with Crippen LogP contribution in [0.5, 0.6) is 0 Å². The molecule has 3 unspecified atom stereocenters. The number of hydrogen-bond acceptors (Lipinski definition) is 5. The molecule has 1 amide bonds. The number of benzene rings is 1. The van der Waals surface area contributed by atoms with E-state index in [1.807, 2.05) is 13.0 Å². The first kappa shape index (κ1) is 28.2. The molecule has 10 heteroatoms. The van der Waals surface area contributed by atoms with E-state index in [1.165, 1.54) is 12.1 Å². The number of amides is 1. The maximum atomic E-state index is 13.9. The number of aliphatic hydroxyl groups excluding tert-OH is 1. The van der Waals surface area contributed by atoms with Crippen LogP contribution in [0.25, 0.3) is 0 Å². The van der Waals surface area contributed by atoms with E-state index in [1.54, 1.807) is 0 Å². The first-order valence-corrected chi connectivity index (χ1v) is 9.46. The lowest BCUT2D eigenvalue weighted by molar-refractivity contribution is -0.123. The fraction of sp³-hybridized carbons (Fsp3) is 0.632. The van der Waals surface area contributed by atoms with Crippen LogP contribution in [0.4, 0.5) is 10.1 Å². The van der Waals surface area contributed by atoms with E-state index in [4.69, 9.17) is 0 Å². The topological polar surface area (TPSA) is 67.8 Å². The van der Waals surface area contributed by atoms with E-state index in [0.29, 0.717) is 13.0 Å². The molecule has 0 spiro atoms. The normalized spacial score (nSPS) is 22.7. The van der Waals surface area contributed by atoms with Crippen LogP contribution in [0.1, 0.15) is 31.9 Å². The lowest BCUT2D eigenvalue weighted by Crippen LogP contribution is -2.47. The largest absolute Gasteiger partial charge is 0.392 e. The van der Waals surface area contributed by atoms with Gasteiger partial charge in [-0.2, -0.15) is 0 Å². The van der Waals surface area contributed by atoms with Crippen molar-refractivity contribution < 1.29 is 14.3 Å². The maximum Gasteiger partial charge on any atom is 0.237 e. The molecular weight excluding hydrogens is 442 g/mol. The monoisotopic (exact) mass is 472 g/mol. The minimum atomic E-state index is -0.486. The Bertz CT molecular complexity index is 648. The number of likely N-dealkylation sites (N-methyl/N-ethyl adjacent to an activating group) is 1. The van der Waals surface area contributed by atoms with Crippen molar-refractivity contribution in [3.05, 3.63) is 29.6 Å². The van der Waals surface area contributed by atoms with Crippen LogP contribution in [-0.4, -0.2) is 67.3 Å². The Balaban J connectivity index is 0.00000261. The van der Waals surface area contributed by atoms with Crippen molar-refractivity contribution in [3.8, 4) is 0 Å². The number of hydrogen-bond donors (Lipinski definition) is 3. The van der Waals surface area contributed by atoms with Crippen molar-refractivity contribution in [2.75, 3.05) is 44.2 Å². The number of nitrogens with zero attached hydrogens (tertiary/aromatic N) is 2. The van der Waals surface area contributed by atoms with Gasteiger partial charge in [0.05, 0.1) is 18.2 Å². The van der Waals surface area contributed by atoms with Crippen LogP contribution >= 0.6 is 37.2 Å². The number of carbonyl (C=O) groups is 1. The highest BCUT2D eigenvalue weighted by atomic mass is 35.5. The number of piperazine rings is 1. The first-order valence-electron chi connectivity index (χ1n) is 9.46. The second kappa shape index (κ2) is 12.8. The number of β-amino-alcohol motifs (C(OH)–C–C–N with tert-alkyl or cyclic N) is 1. The molecule has 3 atom stereocenters. The van der Waals surface area contributed by atoms with Crippen molar-refractivity contribution in [2.24, 2.45) is 0 Å². The molecule has 2 saturated heterocycles. The molecule has 0 aliphatic carbocycles. The minimum Gasteiger partial charge on any atom is -0.392 e. The van der Waals surface area contributed by atoms with Gasteiger partial charge in [0.2, 0.25) is 5.91 Å². The van der Waals surface area contributed by atoms with Crippen LogP contribution in [0.15, 0.2) is 18.2 Å². The Labute approximate surface area is 190 Å². The summed E-state index contributed by atoms with van der Waals surface area (Å²) in [7, 11) is 0. The fourth-order valence-corrected chi connectivity index (χ4v) is 3.77. The number of nitrogens with one attached hydrogen (secondary N) is 2. The van der Waals surface area contributed by atoms with Gasteiger partial charge in [-0.15, -0.1) is 37.2 Å². The van der Waals surface area contributed by atoms with Crippen LogP contribution in [-0.2, 0) is 4.79 Å². The maximum absolute atomic E-state index is 13.9. The molecule has 1 aromatic carbocycles. The average molecular weight is 474 g/mol. The highest BCUT2D eigenvalue weighted by Crippen LogP contribution is 2.28. The Hall–Kier alpha value is -0.830. The highest BCUT2D eigenvalue weighted by molar-refractivity contribution is 5.86. The van der Waals surface area contributed by atoms with Gasteiger partial charge in [-0.1, -0.05) is 6.92 Å². The second-order valence-corrected chi connectivity index (χ2v) is 7.21. The quantitative estimate of drug-likeness (QED) is 0.611. The molecule has 168 valence electrons.